The lowest BCUT2D eigenvalue weighted by molar-refractivity contribution is 0.142. The molecule has 1 saturated carbocycles. The summed E-state index contributed by atoms with van der Waals surface area (Å²) in [6.45, 7) is 2.89. The molecule has 1 fully saturated rings. The maximum Gasteiger partial charge on any atom is 0.107 e. The van der Waals surface area contributed by atoms with E-state index >= 15 is 0 Å². The predicted octanol–water partition coefficient (Wildman–Crippen LogP) is 2.54. The van der Waals surface area contributed by atoms with Crippen molar-refractivity contribution < 1.29 is 0 Å². The van der Waals surface area contributed by atoms with Crippen molar-refractivity contribution >= 4 is 11.0 Å². The van der Waals surface area contributed by atoms with Gasteiger partial charge in [-0.05, 0) is 43.4 Å². The second-order valence-corrected chi connectivity index (χ2v) is 5.39. The first-order valence-electron chi connectivity index (χ1n) is 6.37. The number of aromatic amines is 1. The molecule has 0 aliphatic heterocycles. The highest BCUT2D eigenvalue weighted by atomic mass is 14.9. The summed E-state index contributed by atoms with van der Waals surface area (Å²) in [7, 11) is 0. The van der Waals surface area contributed by atoms with Crippen LogP contribution in [0, 0.1) is 12.3 Å². The number of para-hydroxylation sites is 1. The van der Waals surface area contributed by atoms with Gasteiger partial charge in [-0.15, -0.1) is 0 Å². The summed E-state index contributed by atoms with van der Waals surface area (Å²) < 4.78 is 0. The van der Waals surface area contributed by atoms with E-state index in [4.69, 9.17) is 10.7 Å². The highest BCUT2D eigenvalue weighted by molar-refractivity contribution is 5.78. The molecule has 3 heteroatoms. The molecule has 3 nitrogen and oxygen atoms in total. The van der Waals surface area contributed by atoms with Gasteiger partial charge in [0.2, 0.25) is 0 Å². The third kappa shape index (κ3) is 1.75. The van der Waals surface area contributed by atoms with E-state index < -0.39 is 0 Å². The van der Waals surface area contributed by atoms with Crippen molar-refractivity contribution in [2.24, 2.45) is 11.1 Å². The van der Waals surface area contributed by atoms with Gasteiger partial charge in [-0.3, -0.25) is 0 Å². The summed E-state index contributed by atoms with van der Waals surface area (Å²) in [6, 6.07) is 6.27. The molecular formula is C14H19N3. The van der Waals surface area contributed by atoms with Gasteiger partial charge in [-0.25, -0.2) is 4.98 Å². The number of aryl methyl sites for hydroxylation is 1. The summed E-state index contributed by atoms with van der Waals surface area (Å²) in [6.07, 6.45) is 4.81. The minimum absolute atomic E-state index is 0.321. The number of nitrogens with two attached hydrogens (primary N) is 1. The van der Waals surface area contributed by atoms with Gasteiger partial charge >= 0.3 is 0 Å². The smallest absolute Gasteiger partial charge is 0.107 e. The Morgan fingerprint density at radius 2 is 2.24 bits per heavy atom. The van der Waals surface area contributed by atoms with Crippen molar-refractivity contribution in [3.05, 3.63) is 29.6 Å². The van der Waals surface area contributed by atoms with Crippen LogP contribution in [0.25, 0.3) is 11.0 Å². The topological polar surface area (TPSA) is 54.7 Å². The number of benzene rings is 1. The van der Waals surface area contributed by atoms with E-state index in [-0.39, 0.29) is 0 Å². The Labute approximate surface area is 101 Å². The van der Waals surface area contributed by atoms with Gasteiger partial charge in [0.1, 0.15) is 5.82 Å². The van der Waals surface area contributed by atoms with E-state index in [1.54, 1.807) is 0 Å². The van der Waals surface area contributed by atoms with Gasteiger partial charge in [0, 0.05) is 6.42 Å². The maximum atomic E-state index is 5.90. The molecule has 1 aliphatic rings. The molecule has 0 amide bonds. The Balaban J connectivity index is 1.93. The van der Waals surface area contributed by atoms with Crippen LogP contribution in [0.4, 0.5) is 0 Å². The molecule has 0 saturated heterocycles. The fourth-order valence-corrected chi connectivity index (χ4v) is 2.80. The Hall–Kier alpha value is -1.35. The first-order valence-corrected chi connectivity index (χ1v) is 6.37. The standard InChI is InChI=1S/C14H19N3/c1-10-4-2-5-11-13(10)17-12(16-11)8-14(9-15)6-3-7-14/h2,4-5H,3,6-9,15H2,1H3,(H,16,17). The van der Waals surface area contributed by atoms with Crippen LogP contribution in [0.3, 0.4) is 0 Å². The van der Waals surface area contributed by atoms with Crippen LogP contribution in [-0.2, 0) is 6.42 Å². The Bertz CT molecular complexity index is 532. The molecule has 1 aromatic heterocycles. The lowest BCUT2D eigenvalue weighted by atomic mass is 9.66. The van der Waals surface area contributed by atoms with E-state index in [1.165, 1.54) is 24.8 Å². The summed E-state index contributed by atoms with van der Waals surface area (Å²) >= 11 is 0. The SMILES string of the molecule is Cc1cccc2[nH]c(CC3(CN)CCC3)nc12. The highest BCUT2D eigenvalue weighted by Gasteiger charge is 2.36. The maximum absolute atomic E-state index is 5.90. The fourth-order valence-electron chi connectivity index (χ4n) is 2.80. The van der Waals surface area contributed by atoms with Gasteiger partial charge in [-0.1, -0.05) is 18.6 Å². The van der Waals surface area contributed by atoms with Crippen molar-refractivity contribution in [2.75, 3.05) is 6.54 Å². The second-order valence-electron chi connectivity index (χ2n) is 5.39. The van der Waals surface area contributed by atoms with E-state index in [1.807, 2.05) is 0 Å². The summed E-state index contributed by atoms with van der Waals surface area (Å²) in [4.78, 5) is 8.14. The van der Waals surface area contributed by atoms with E-state index in [0.29, 0.717) is 5.41 Å². The first-order chi connectivity index (χ1) is 8.22. The molecule has 0 radical (unpaired) electrons. The van der Waals surface area contributed by atoms with Crippen LogP contribution in [-0.4, -0.2) is 16.5 Å². The zero-order chi connectivity index (χ0) is 11.9. The van der Waals surface area contributed by atoms with Gasteiger partial charge in [-0.2, -0.15) is 0 Å². The highest BCUT2D eigenvalue weighted by Crippen LogP contribution is 2.42. The van der Waals surface area contributed by atoms with Crippen molar-refractivity contribution in [1.29, 1.82) is 0 Å². The van der Waals surface area contributed by atoms with E-state index in [9.17, 15) is 0 Å². The first kappa shape index (κ1) is 10.8. The Morgan fingerprint density at radius 1 is 1.41 bits per heavy atom. The normalized spacial score (nSPS) is 18.2. The van der Waals surface area contributed by atoms with E-state index in [2.05, 4.69) is 30.1 Å². The third-order valence-electron chi connectivity index (χ3n) is 4.15. The van der Waals surface area contributed by atoms with E-state index in [0.717, 1.165) is 29.8 Å². The lowest BCUT2D eigenvalue weighted by Gasteiger charge is -2.40. The van der Waals surface area contributed by atoms with Gasteiger partial charge in [0.25, 0.3) is 0 Å². The molecule has 17 heavy (non-hydrogen) atoms. The van der Waals surface area contributed by atoms with Gasteiger partial charge < -0.3 is 10.7 Å². The van der Waals surface area contributed by atoms with Crippen LogP contribution < -0.4 is 5.73 Å². The zero-order valence-corrected chi connectivity index (χ0v) is 10.3. The zero-order valence-electron chi connectivity index (χ0n) is 10.3. The molecule has 3 rings (SSSR count). The third-order valence-corrected chi connectivity index (χ3v) is 4.15. The average molecular weight is 229 g/mol. The fraction of sp³-hybridized carbons (Fsp3) is 0.500. The summed E-state index contributed by atoms with van der Waals surface area (Å²) in [5.74, 6) is 1.10. The molecular weight excluding hydrogens is 210 g/mol. The average Bonchev–Trinajstić information content (AvgIpc) is 2.68. The molecule has 0 atom stereocenters. The number of hydrogen-bond donors (Lipinski definition) is 2. The van der Waals surface area contributed by atoms with Crippen molar-refractivity contribution in [2.45, 2.75) is 32.6 Å². The second kappa shape index (κ2) is 3.84. The predicted molar refractivity (Wildman–Crippen MR) is 69.9 cm³/mol. The quantitative estimate of drug-likeness (QED) is 0.849. The minimum atomic E-state index is 0.321. The molecule has 0 unspecified atom stereocenters. The number of fused-ring (bicyclic) bond motifs is 1. The van der Waals surface area contributed by atoms with Crippen LogP contribution in [0.15, 0.2) is 18.2 Å². The molecule has 1 aliphatic carbocycles. The van der Waals surface area contributed by atoms with Gasteiger partial charge in [0.15, 0.2) is 0 Å². The molecule has 3 N–H and O–H groups in total. The lowest BCUT2D eigenvalue weighted by Crippen LogP contribution is -2.39. The Kier molecular flexibility index (Phi) is 2.44. The largest absolute Gasteiger partial charge is 0.342 e. The minimum Gasteiger partial charge on any atom is -0.342 e. The van der Waals surface area contributed by atoms with Crippen LogP contribution >= 0.6 is 0 Å². The molecule has 2 aromatic rings. The number of hydrogen-bond acceptors (Lipinski definition) is 2. The van der Waals surface area contributed by atoms with Crippen LogP contribution in [0.5, 0.6) is 0 Å². The molecule has 0 bridgehead atoms. The van der Waals surface area contributed by atoms with Crippen LogP contribution in [0.1, 0.15) is 30.7 Å². The summed E-state index contributed by atoms with van der Waals surface area (Å²) in [5, 5.41) is 0. The monoisotopic (exact) mass is 229 g/mol. The number of aromatic nitrogens is 2. The molecule has 0 spiro atoms. The van der Waals surface area contributed by atoms with Gasteiger partial charge in [0.05, 0.1) is 11.0 Å². The Morgan fingerprint density at radius 3 is 2.82 bits per heavy atom. The molecule has 1 heterocycles. The number of nitrogens with zero attached hydrogens (tertiary/aromatic N) is 1. The number of H-pyrrole nitrogens is 1. The van der Waals surface area contributed by atoms with Crippen molar-refractivity contribution in [1.82, 2.24) is 9.97 Å². The van der Waals surface area contributed by atoms with Crippen molar-refractivity contribution in [3.8, 4) is 0 Å². The number of nitrogens with one attached hydrogen (secondary N) is 1. The van der Waals surface area contributed by atoms with Crippen molar-refractivity contribution in [3.63, 3.8) is 0 Å². The van der Waals surface area contributed by atoms with Crippen LogP contribution in [0.2, 0.25) is 0 Å². The number of rotatable bonds is 3. The summed E-state index contributed by atoms with van der Waals surface area (Å²) in [5.41, 5.74) is 9.71. The number of imidazole rings is 1. The molecule has 90 valence electrons. The molecule has 1 aromatic carbocycles.